The van der Waals surface area contributed by atoms with Gasteiger partial charge in [0.1, 0.15) is 11.3 Å². The maximum Gasteiger partial charge on any atom is 0.203 e. The van der Waals surface area contributed by atoms with Gasteiger partial charge >= 0.3 is 0 Å². The highest BCUT2D eigenvalue weighted by Gasteiger charge is 2.24. The normalized spacial score (nSPS) is 19.8. The minimum Gasteiger partial charge on any atom is -0.384 e. The third kappa shape index (κ3) is 4.50. The Kier molecular flexibility index (Phi) is 6.12. The molecular weight excluding hydrogens is 398 g/mol. The standard InChI is InChI=1S/C26H29N5O/c27-24-16-22(25-26(28-24)30-31-29-25)21(19-9-3-1-4-10-19)13-7-8-18-14-15-23(32-17-18)20-11-5-2-6-12-20/h1-6,9-12,16,18,21,23H,7-8,13-15,17H2,(H3,27,28,29,30,31)/t18-,21?,23+/m1/s1. The first kappa shape index (κ1) is 20.6. The van der Waals surface area contributed by atoms with Crippen molar-refractivity contribution in [2.75, 3.05) is 12.3 Å². The predicted molar refractivity (Wildman–Crippen MR) is 126 cm³/mol. The van der Waals surface area contributed by atoms with Crippen molar-refractivity contribution in [1.29, 1.82) is 0 Å². The molecule has 0 radical (unpaired) electrons. The summed E-state index contributed by atoms with van der Waals surface area (Å²) in [6.45, 7) is 0.839. The number of pyridine rings is 1. The van der Waals surface area contributed by atoms with Crippen molar-refractivity contribution in [3.63, 3.8) is 0 Å². The summed E-state index contributed by atoms with van der Waals surface area (Å²) in [7, 11) is 0. The molecule has 1 aliphatic heterocycles. The van der Waals surface area contributed by atoms with E-state index in [0.29, 0.717) is 17.4 Å². The number of ether oxygens (including phenoxy) is 1. The summed E-state index contributed by atoms with van der Waals surface area (Å²) in [5.74, 6) is 1.30. The summed E-state index contributed by atoms with van der Waals surface area (Å²) in [6, 6.07) is 23.1. The average molecular weight is 428 g/mol. The van der Waals surface area contributed by atoms with Gasteiger partial charge in [-0.15, -0.1) is 5.10 Å². The number of benzene rings is 2. The van der Waals surface area contributed by atoms with Gasteiger partial charge in [-0.3, -0.25) is 0 Å². The van der Waals surface area contributed by atoms with Crippen LogP contribution in [0, 0.1) is 5.92 Å². The van der Waals surface area contributed by atoms with E-state index in [-0.39, 0.29) is 12.0 Å². The number of aromatic amines is 1. The maximum atomic E-state index is 6.22. The number of nitrogens with two attached hydrogens (primary N) is 1. The lowest BCUT2D eigenvalue weighted by molar-refractivity contribution is -0.0199. The highest BCUT2D eigenvalue weighted by Crippen LogP contribution is 2.36. The molecule has 0 spiro atoms. The molecule has 0 saturated carbocycles. The molecule has 0 amide bonds. The summed E-state index contributed by atoms with van der Waals surface area (Å²) in [5, 5.41) is 11.2. The topological polar surface area (TPSA) is 89.7 Å². The van der Waals surface area contributed by atoms with Crippen molar-refractivity contribution in [2.45, 2.75) is 44.1 Å². The van der Waals surface area contributed by atoms with Crippen LogP contribution in [0.4, 0.5) is 5.82 Å². The number of H-pyrrole nitrogens is 1. The van der Waals surface area contributed by atoms with Gasteiger partial charge in [0.15, 0.2) is 0 Å². The summed E-state index contributed by atoms with van der Waals surface area (Å²) in [5.41, 5.74) is 11.1. The van der Waals surface area contributed by atoms with E-state index in [1.807, 2.05) is 6.07 Å². The highest BCUT2D eigenvalue weighted by molar-refractivity contribution is 5.77. The lowest BCUT2D eigenvalue weighted by Gasteiger charge is -2.30. The van der Waals surface area contributed by atoms with Crippen LogP contribution < -0.4 is 5.73 Å². The van der Waals surface area contributed by atoms with Gasteiger partial charge in [-0.2, -0.15) is 10.3 Å². The van der Waals surface area contributed by atoms with Crippen LogP contribution in [-0.4, -0.2) is 27.0 Å². The summed E-state index contributed by atoms with van der Waals surface area (Å²) in [4.78, 5) is 4.31. The minimum absolute atomic E-state index is 0.204. The Morgan fingerprint density at radius 2 is 1.78 bits per heavy atom. The fraction of sp³-hybridized carbons (Fsp3) is 0.346. The maximum absolute atomic E-state index is 6.22. The van der Waals surface area contributed by atoms with Gasteiger partial charge in [-0.25, -0.2) is 4.98 Å². The summed E-state index contributed by atoms with van der Waals surface area (Å²) < 4.78 is 6.22. The number of hydrogen-bond donors (Lipinski definition) is 2. The second-order valence-electron chi connectivity index (χ2n) is 8.70. The summed E-state index contributed by atoms with van der Waals surface area (Å²) in [6.07, 6.45) is 5.85. The van der Waals surface area contributed by atoms with Crippen molar-refractivity contribution in [1.82, 2.24) is 20.4 Å². The van der Waals surface area contributed by atoms with Gasteiger partial charge < -0.3 is 10.5 Å². The van der Waals surface area contributed by atoms with Gasteiger partial charge in [0.2, 0.25) is 5.65 Å². The molecule has 1 unspecified atom stereocenters. The van der Waals surface area contributed by atoms with E-state index in [9.17, 15) is 0 Å². The van der Waals surface area contributed by atoms with Crippen molar-refractivity contribution in [2.24, 2.45) is 5.92 Å². The number of nitrogen functional groups attached to an aromatic ring is 1. The van der Waals surface area contributed by atoms with E-state index < -0.39 is 0 Å². The molecule has 1 aliphatic rings. The Morgan fingerprint density at radius 3 is 2.53 bits per heavy atom. The molecule has 1 fully saturated rings. The molecule has 6 nitrogen and oxygen atoms in total. The van der Waals surface area contributed by atoms with Gasteiger partial charge in [-0.05, 0) is 54.4 Å². The van der Waals surface area contributed by atoms with Crippen LogP contribution in [0.2, 0.25) is 0 Å². The average Bonchev–Trinajstić information content (AvgIpc) is 3.31. The van der Waals surface area contributed by atoms with Crippen LogP contribution in [0.3, 0.4) is 0 Å². The molecule has 1 saturated heterocycles. The van der Waals surface area contributed by atoms with Crippen molar-refractivity contribution >= 4 is 17.0 Å². The second-order valence-corrected chi connectivity index (χ2v) is 8.70. The zero-order valence-electron chi connectivity index (χ0n) is 18.2. The molecule has 4 aromatic rings. The molecule has 6 heteroatoms. The largest absolute Gasteiger partial charge is 0.384 e. The van der Waals surface area contributed by atoms with E-state index in [4.69, 9.17) is 10.5 Å². The molecule has 32 heavy (non-hydrogen) atoms. The monoisotopic (exact) mass is 427 g/mol. The Bertz CT molecular complexity index is 1140. The van der Waals surface area contributed by atoms with Gasteiger partial charge in [0.25, 0.3) is 0 Å². The predicted octanol–water partition coefficient (Wildman–Crippen LogP) is 5.41. The van der Waals surface area contributed by atoms with Gasteiger partial charge in [0.05, 0.1) is 12.7 Å². The first-order valence-electron chi connectivity index (χ1n) is 11.5. The van der Waals surface area contributed by atoms with Gasteiger partial charge in [-0.1, -0.05) is 67.1 Å². The number of nitrogens with one attached hydrogen (secondary N) is 1. The smallest absolute Gasteiger partial charge is 0.203 e. The first-order valence-corrected chi connectivity index (χ1v) is 11.5. The minimum atomic E-state index is 0.204. The van der Waals surface area contributed by atoms with Gasteiger partial charge in [0, 0.05) is 5.92 Å². The lowest BCUT2D eigenvalue weighted by atomic mass is 9.84. The van der Waals surface area contributed by atoms with Crippen LogP contribution in [0.5, 0.6) is 0 Å². The van der Waals surface area contributed by atoms with Crippen LogP contribution in [0.25, 0.3) is 11.2 Å². The number of rotatable bonds is 7. The Morgan fingerprint density at radius 1 is 1.00 bits per heavy atom. The van der Waals surface area contributed by atoms with Crippen molar-refractivity contribution in [3.8, 4) is 0 Å². The van der Waals surface area contributed by atoms with Crippen molar-refractivity contribution in [3.05, 3.63) is 83.4 Å². The van der Waals surface area contributed by atoms with Crippen LogP contribution in [-0.2, 0) is 4.74 Å². The van der Waals surface area contributed by atoms with Crippen molar-refractivity contribution < 1.29 is 4.74 Å². The van der Waals surface area contributed by atoms with E-state index in [0.717, 1.165) is 43.4 Å². The zero-order chi connectivity index (χ0) is 21.8. The SMILES string of the molecule is Nc1cc(C(CCC[C@@H]2CC[C@@H](c3ccccc3)OC2)c2ccccc2)c2n[nH]nc2n1. The lowest BCUT2D eigenvalue weighted by Crippen LogP contribution is -2.20. The Labute approximate surface area is 188 Å². The number of hydrogen-bond acceptors (Lipinski definition) is 5. The molecule has 3 N–H and O–H groups in total. The third-order valence-electron chi connectivity index (χ3n) is 6.57. The van der Waals surface area contributed by atoms with E-state index >= 15 is 0 Å². The molecule has 164 valence electrons. The molecule has 3 atom stereocenters. The number of aromatic nitrogens is 4. The zero-order valence-corrected chi connectivity index (χ0v) is 18.2. The van der Waals surface area contributed by atoms with Crippen LogP contribution >= 0.6 is 0 Å². The molecule has 0 aliphatic carbocycles. The van der Waals surface area contributed by atoms with Crippen LogP contribution in [0.15, 0.2) is 66.7 Å². The second kappa shape index (κ2) is 9.49. The fourth-order valence-corrected chi connectivity index (χ4v) is 4.91. The van der Waals surface area contributed by atoms with E-state index in [1.165, 1.54) is 17.5 Å². The number of nitrogens with zero attached hydrogens (tertiary/aromatic N) is 3. The molecular formula is C26H29N5O. The van der Waals surface area contributed by atoms with Crippen LogP contribution in [0.1, 0.15) is 60.8 Å². The number of fused-ring (bicyclic) bond motifs is 1. The first-order chi connectivity index (χ1) is 15.8. The van der Waals surface area contributed by atoms with E-state index in [1.54, 1.807) is 0 Å². The highest BCUT2D eigenvalue weighted by atomic mass is 16.5. The Hall–Kier alpha value is -3.25. The third-order valence-corrected chi connectivity index (χ3v) is 6.57. The molecule has 0 bridgehead atoms. The molecule has 5 rings (SSSR count). The Balaban J connectivity index is 1.26. The number of anilines is 1. The quantitative estimate of drug-likeness (QED) is 0.412. The molecule has 2 aromatic heterocycles. The van der Waals surface area contributed by atoms with E-state index in [2.05, 4.69) is 81.1 Å². The molecule has 3 heterocycles. The molecule has 2 aromatic carbocycles. The fourth-order valence-electron chi connectivity index (χ4n) is 4.91. The summed E-state index contributed by atoms with van der Waals surface area (Å²) >= 11 is 0.